The van der Waals surface area contributed by atoms with E-state index in [-0.39, 0.29) is 18.5 Å². The summed E-state index contributed by atoms with van der Waals surface area (Å²) in [5.74, 6) is 1.55. The van der Waals surface area contributed by atoms with Gasteiger partial charge in [-0.05, 0) is 59.5 Å². The van der Waals surface area contributed by atoms with E-state index in [1.54, 1.807) is 12.1 Å². The summed E-state index contributed by atoms with van der Waals surface area (Å²) < 4.78 is 22.6. The lowest BCUT2D eigenvalue weighted by molar-refractivity contribution is -0.142. The van der Waals surface area contributed by atoms with E-state index < -0.39 is 12.0 Å². The number of ether oxygens (including phenoxy) is 4. The molecule has 0 saturated carbocycles. The van der Waals surface area contributed by atoms with Gasteiger partial charge < -0.3 is 24.7 Å². The van der Waals surface area contributed by atoms with E-state index in [9.17, 15) is 4.79 Å². The first kappa shape index (κ1) is 26.0. The Bertz CT molecular complexity index is 1140. The third-order valence-electron chi connectivity index (χ3n) is 5.27. The molecule has 9 heteroatoms. The average molecular weight is 525 g/mol. The molecule has 0 radical (unpaired) electrons. The van der Waals surface area contributed by atoms with Gasteiger partial charge in [-0.3, -0.25) is 4.79 Å². The molecular formula is C25H24Cl3NO5. The van der Waals surface area contributed by atoms with Gasteiger partial charge in [0.25, 0.3) is 0 Å². The van der Waals surface area contributed by atoms with Crippen molar-refractivity contribution in [3.63, 3.8) is 0 Å². The topological polar surface area (TPSA) is 80.0 Å². The van der Waals surface area contributed by atoms with Crippen LogP contribution >= 0.6 is 35.6 Å². The van der Waals surface area contributed by atoms with Crippen molar-refractivity contribution in [2.24, 2.45) is 5.73 Å². The zero-order chi connectivity index (χ0) is 23.4. The Kier molecular flexibility index (Phi) is 8.91. The second kappa shape index (κ2) is 11.7. The van der Waals surface area contributed by atoms with Gasteiger partial charge >= 0.3 is 5.97 Å². The number of rotatable bonds is 7. The lowest BCUT2D eigenvalue weighted by Crippen LogP contribution is -2.33. The molecule has 0 fully saturated rings. The second-order valence-corrected chi connectivity index (χ2v) is 8.45. The number of hydrogen-bond acceptors (Lipinski definition) is 6. The number of esters is 1. The molecule has 2 atom stereocenters. The van der Waals surface area contributed by atoms with Crippen LogP contribution in [0, 0.1) is 0 Å². The van der Waals surface area contributed by atoms with E-state index in [2.05, 4.69) is 4.74 Å². The van der Waals surface area contributed by atoms with Gasteiger partial charge in [0.05, 0.1) is 17.2 Å². The number of hydrogen-bond donors (Lipinski definition) is 1. The van der Waals surface area contributed by atoms with Gasteiger partial charge in [0, 0.05) is 0 Å². The molecule has 1 heterocycles. The zero-order valence-corrected chi connectivity index (χ0v) is 20.7. The van der Waals surface area contributed by atoms with Crippen molar-refractivity contribution >= 4 is 41.6 Å². The highest BCUT2D eigenvalue weighted by molar-refractivity contribution is 6.42. The summed E-state index contributed by atoms with van der Waals surface area (Å²) in [6.07, 6.45) is 0.112. The Morgan fingerprint density at radius 3 is 2.47 bits per heavy atom. The first-order valence-electron chi connectivity index (χ1n) is 10.4. The summed E-state index contributed by atoms with van der Waals surface area (Å²) in [6, 6.07) is 17.9. The Balaban J connectivity index is 0.00000324. The van der Waals surface area contributed by atoms with Crippen LogP contribution in [0.4, 0.5) is 0 Å². The standard InChI is InChI=1S/C25H23Cl2NO5.ClH/c1-30-25(29)21(28)11-15-3-9-22-23(12-15)32-14-24(33-22)17-4-6-18(7-5-17)31-13-16-2-8-19(26)20(27)10-16;/h2-10,12,21,24H,11,13-14,28H2,1H3;1H/t21-,24-;/m0./s1. The fourth-order valence-electron chi connectivity index (χ4n) is 3.47. The molecule has 0 saturated heterocycles. The van der Waals surface area contributed by atoms with Crippen molar-refractivity contribution in [2.75, 3.05) is 13.7 Å². The number of methoxy groups -OCH3 is 1. The maximum absolute atomic E-state index is 11.5. The SMILES string of the molecule is COC(=O)[C@@H](N)Cc1ccc2c(c1)OC[C@@H](c1ccc(OCc3ccc(Cl)c(Cl)c3)cc1)O2.Cl. The molecule has 2 N–H and O–H groups in total. The monoisotopic (exact) mass is 523 g/mol. The quantitative estimate of drug-likeness (QED) is 0.408. The number of fused-ring (bicyclic) bond motifs is 1. The van der Waals surface area contributed by atoms with E-state index in [1.165, 1.54) is 7.11 Å². The van der Waals surface area contributed by atoms with E-state index in [0.29, 0.717) is 41.2 Å². The molecule has 34 heavy (non-hydrogen) atoms. The first-order valence-corrected chi connectivity index (χ1v) is 11.1. The van der Waals surface area contributed by atoms with Crippen LogP contribution in [0.5, 0.6) is 17.2 Å². The fraction of sp³-hybridized carbons (Fsp3) is 0.240. The molecule has 3 aromatic rings. The van der Waals surface area contributed by atoms with E-state index >= 15 is 0 Å². The smallest absolute Gasteiger partial charge is 0.322 e. The molecule has 0 unspecified atom stereocenters. The van der Waals surface area contributed by atoms with Crippen molar-refractivity contribution in [2.45, 2.75) is 25.2 Å². The second-order valence-electron chi connectivity index (χ2n) is 7.64. The molecular weight excluding hydrogens is 501 g/mol. The van der Waals surface area contributed by atoms with Crippen molar-refractivity contribution < 1.29 is 23.7 Å². The Morgan fingerprint density at radius 2 is 1.76 bits per heavy atom. The summed E-state index contributed by atoms with van der Waals surface area (Å²) in [5.41, 5.74) is 8.62. The normalized spacial score (nSPS) is 15.1. The average Bonchev–Trinajstić information content (AvgIpc) is 2.84. The molecule has 0 aromatic heterocycles. The Labute approximate surface area is 214 Å². The summed E-state index contributed by atoms with van der Waals surface area (Å²) in [6.45, 7) is 0.748. The molecule has 0 spiro atoms. The van der Waals surface area contributed by atoms with Gasteiger partial charge in [-0.15, -0.1) is 12.4 Å². The van der Waals surface area contributed by atoms with E-state index in [1.807, 2.05) is 48.5 Å². The molecule has 1 aliphatic rings. The van der Waals surface area contributed by atoms with Crippen LogP contribution in [0.15, 0.2) is 60.7 Å². The van der Waals surface area contributed by atoms with E-state index in [0.717, 1.165) is 22.4 Å². The van der Waals surface area contributed by atoms with Crippen molar-refractivity contribution in [3.05, 3.63) is 87.4 Å². The van der Waals surface area contributed by atoms with Gasteiger partial charge in [-0.25, -0.2) is 0 Å². The number of nitrogens with two attached hydrogens (primary N) is 1. The summed E-state index contributed by atoms with van der Waals surface area (Å²) in [5, 5.41) is 1.02. The predicted octanol–water partition coefficient (Wildman–Crippen LogP) is 5.55. The van der Waals surface area contributed by atoms with Gasteiger partial charge in [0.15, 0.2) is 17.6 Å². The molecule has 0 amide bonds. The first-order chi connectivity index (χ1) is 15.9. The third kappa shape index (κ3) is 6.27. The van der Waals surface area contributed by atoms with Crippen molar-refractivity contribution in [3.8, 4) is 17.2 Å². The van der Waals surface area contributed by atoms with Crippen molar-refractivity contribution in [1.82, 2.24) is 0 Å². The lowest BCUT2D eigenvalue weighted by atomic mass is 10.0. The van der Waals surface area contributed by atoms with Crippen LogP contribution < -0.4 is 19.9 Å². The molecule has 6 nitrogen and oxygen atoms in total. The predicted molar refractivity (Wildman–Crippen MR) is 133 cm³/mol. The van der Waals surface area contributed by atoms with Gasteiger partial charge in [0.1, 0.15) is 25.0 Å². The molecule has 1 aliphatic heterocycles. The summed E-state index contributed by atoms with van der Waals surface area (Å²) in [4.78, 5) is 11.5. The van der Waals surface area contributed by atoms with Gasteiger partial charge in [-0.2, -0.15) is 0 Å². The Morgan fingerprint density at radius 1 is 1.03 bits per heavy atom. The summed E-state index contributed by atoms with van der Waals surface area (Å²) in [7, 11) is 1.32. The third-order valence-corrected chi connectivity index (χ3v) is 6.01. The maximum Gasteiger partial charge on any atom is 0.322 e. The van der Waals surface area contributed by atoms with Crippen molar-refractivity contribution in [1.29, 1.82) is 0 Å². The van der Waals surface area contributed by atoms with E-state index in [4.69, 9.17) is 43.1 Å². The van der Waals surface area contributed by atoms with Gasteiger partial charge in [0.2, 0.25) is 0 Å². The minimum atomic E-state index is -0.720. The van der Waals surface area contributed by atoms with Crippen LogP contribution in [-0.2, 0) is 22.6 Å². The van der Waals surface area contributed by atoms with Crippen LogP contribution in [0.3, 0.4) is 0 Å². The van der Waals surface area contributed by atoms with Crippen LogP contribution in [0.1, 0.15) is 22.8 Å². The number of carbonyl (C=O) groups is 1. The lowest BCUT2D eigenvalue weighted by Gasteiger charge is -2.27. The molecule has 3 aromatic carbocycles. The highest BCUT2D eigenvalue weighted by Crippen LogP contribution is 2.37. The Hall–Kier alpha value is -2.64. The number of benzene rings is 3. The number of halogens is 3. The van der Waals surface area contributed by atoms with Gasteiger partial charge in [-0.1, -0.05) is 47.5 Å². The molecule has 0 aliphatic carbocycles. The highest BCUT2D eigenvalue weighted by Gasteiger charge is 2.24. The fourth-order valence-corrected chi connectivity index (χ4v) is 3.79. The molecule has 180 valence electrons. The highest BCUT2D eigenvalue weighted by atomic mass is 35.5. The summed E-state index contributed by atoms with van der Waals surface area (Å²) >= 11 is 12.0. The molecule has 0 bridgehead atoms. The minimum absolute atomic E-state index is 0. The van der Waals surface area contributed by atoms with Crippen LogP contribution in [0.25, 0.3) is 0 Å². The van der Waals surface area contributed by atoms with Crippen LogP contribution in [0.2, 0.25) is 10.0 Å². The molecule has 4 rings (SSSR count). The largest absolute Gasteiger partial charge is 0.489 e. The minimum Gasteiger partial charge on any atom is -0.489 e. The number of carbonyl (C=O) groups excluding carboxylic acids is 1. The zero-order valence-electron chi connectivity index (χ0n) is 18.3. The maximum atomic E-state index is 11.5. The van der Waals surface area contributed by atoms with Crippen LogP contribution in [-0.4, -0.2) is 25.7 Å².